The summed E-state index contributed by atoms with van der Waals surface area (Å²) < 4.78 is 2.87. The van der Waals surface area contributed by atoms with Gasteiger partial charge >= 0.3 is 0 Å². The smallest absolute Gasteiger partial charge is 0.226 e. The van der Waals surface area contributed by atoms with Crippen molar-refractivity contribution in [3.05, 3.63) is 64.9 Å². The molecule has 0 aliphatic carbocycles. The molecule has 2 aromatic carbocycles. The summed E-state index contributed by atoms with van der Waals surface area (Å²) in [7, 11) is 0. The molecule has 2 N–H and O–H groups in total. The van der Waals surface area contributed by atoms with Crippen LogP contribution in [-0.4, -0.2) is 26.6 Å². The predicted molar refractivity (Wildman–Crippen MR) is 115 cm³/mol. The molecule has 0 bridgehead atoms. The molecular weight excluding hydrogens is 434 g/mol. The average molecular weight is 456 g/mol. The highest BCUT2D eigenvalue weighted by Crippen LogP contribution is 2.23. The maximum atomic E-state index is 12.7. The molecule has 8 heteroatoms. The maximum Gasteiger partial charge on any atom is 0.226 e. The van der Waals surface area contributed by atoms with Crippen LogP contribution < -0.4 is 10.6 Å². The lowest BCUT2D eigenvalue weighted by Crippen LogP contribution is -2.29. The molecule has 0 radical (unpaired) electrons. The third-order valence-electron chi connectivity index (χ3n) is 4.40. The van der Waals surface area contributed by atoms with Gasteiger partial charge in [0.15, 0.2) is 5.82 Å². The van der Waals surface area contributed by atoms with Crippen molar-refractivity contribution < 1.29 is 9.59 Å². The van der Waals surface area contributed by atoms with Gasteiger partial charge in [0.25, 0.3) is 0 Å². The number of benzene rings is 2. The third kappa shape index (κ3) is 5.51. The second-order valence-electron chi connectivity index (χ2n) is 6.58. The fraction of sp³-hybridized carbons (Fsp3) is 0.238. The van der Waals surface area contributed by atoms with Crippen LogP contribution in [0.3, 0.4) is 0 Å². The van der Waals surface area contributed by atoms with Crippen molar-refractivity contribution in [2.24, 2.45) is 0 Å². The number of halogens is 1. The minimum absolute atomic E-state index is 0.122. The Bertz CT molecular complexity index is 1000. The molecule has 3 rings (SSSR count). The Balaban J connectivity index is 1.74. The Morgan fingerprint density at radius 1 is 1.17 bits per heavy atom. The van der Waals surface area contributed by atoms with E-state index in [-0.39, 0.29) is 18.2 Å². The minimum atomic E-state index is -0.410. The van der Waals surface area contributed by atoms with E-state index in [2.05, 4.69) is 36.8 Å². The summed E-state index contributed by atoms with van der Waals surface area (Å²) in [6.07, 6.45) is 1.80. The summed E-state index contributed by atoms with van der Waals surface area (Å²) in [4.78, 5) is 24.3. The molecule has 1 aromatic heterocycles. The first-order valence-electron chi connectivity index (χ1n) is 9.27. The van der Waals surface area contributed by atoms with Crippen LogP contribution in [0.4, 0.5) is 5.69 Å². The molecule has 2 amide bonds. The van der Waals surface area contributed by atoms with Crippen molar-refractivity contribution in [3.63, 3.8) is 0 Å². The highest BCUT2D eigenvalue weighted by atomic mass is 79.9. The van der Waals surface area contributed by atoms with E-state index in [1.54, 1.807) is 6.33 Å². The van der Waals surface area contributed by atoms with Gasteiger partial charge in [-0.25, -0.2) is 0 Å². The zero-order chi connectivity index (χ0) is 20.8. The zero-order valence-electron chi connectivity index (χ0n) is 16.2. The van der Waals surface area contributed by atoms with Crippen LogP contribution >= 0.6 is 15.9 Å². The number of carbonyl (C=O) groups excluding carboxylic acids is 2. The Hall–Kier alpha value is -3.00. The average Bonchev–Trinajstić information content (AvgIpc) is 3.17. The number of amides is 2. The molecule has 1 heterocycles. The molecule has 29 heavy (non-hydrogen) atoms. The van der Waals surface area contributed by atoms with Gasteiger partial charge in [-0.2, -0.15) is 0 Å². The first-order chi connectivity index (χ1) is 14.0. The van der Waals surface area contributed by atoms with E-state index in [1.807, 2.05) is 60.0 Å². The van der Waals surface area contributed by atoms with E-state index in [1.165, 1.54) is 6.92 Å². The van der Waals surface area contributed by atoms with Crippen molar-refractivity contribution in [2.45, 2.75) is 32.9 Å². The first-order valence-corrected chi connectivity index (χ1v) is 10.1. The SMILES string of the molecule is CCn1cnnc1-c1cccc(NC(=O)CC(NC(C)=O)c2ccc(Br)cc2)c1. The van der Waals surface area contributed by atoms with Crippen LogP contribution in [0.15, 0.2) is 59.3 Å². The molecule has 0 saturated carbocycles. The van der Waals surface area contributed by atoms with Gasteiger partial charge in [-0.15, -0.1) is 10.2 Å². The molecule has 0 aliphatic rings. The van der Waals surface area contributed by atoms with Gasteiger partial charge in [-0.05, 0) is 36.8 Å². The van der Waals surface area contributed by atoms with Crippen molar-refractivity contribution in [2.75, 3.05) is 5.32 Å². The standard InChI is InChI=1S/C21H22BrN5O2/c1-3-27-13-23-26-21(27)16-5-4-6-18(11-16)25-20(29)12-19(24-14(2)28)15-7-9-17(22)10-8-15/h4-11,13,19H,3,12H2,1-2H3,(H,24,28)(H,25,29). The second kappa shape index (κ2) is 9.47. The highest BCUT2D eigenvalue weighted by Gasteiger charge is 2.17. The number of aryl methyl sites for hydroxylation is 1. The van der Waals surface area contributed by atoms with Gasteiger partial charge in [0.1, 0.15) is 6.33 Å². The van der Waals surface area contributed by atoms with E-state index >= 15 is 0 Å². The van der Waals surface area contributed by atoms with Gasteiger partial charge in [-0.1, -0.05) is 40.2 Å². The molecule has 1 atom stereocenters. The quantitative estimate of drug-likeness (QED) is 0.564. The van der Waals surface area contributed by atoms with E-state index in [0.717, 1.165) is 28.0 Å². The molecule has 150 valence electrons. The van der Waals surface area contributed by atoms with Gasteiger partial charge in [0.2, 0.25) is 11.8 Å². The summed E-state index contributed by atoms with van der Waals surface area (Å²) in [5, 5.41) is 13.9. The monoisotopic (exact) mass is 455 g/mol. The van der Waals surface area contributed by atoms with Crippen LogP contribution in [0.5, 0.6) is 0 Å². The molecule has 0 fully saturated rings. The number of nitrogens with zero attached hydrogens (tertiary/aromatic N) is 3. The fourth-order valence-corrected chi connectivity index (χ4v) is 3.30. The number of rotatable bonds is 7. The van der Waals surface area contributed by atoms with E-state index in [9.17, 15) is 9.59 Å². The second-order valence-corrected chi connectivity index (χ2v) is 7.49. The summed E-state index contributed by atoms with van der Waals surface area (Å²) in [5.41, 5.74) is 2.40. The summed E-state index contributed by atoms with van der Waals surface area (Å²) in [6, 6.07) is 14.6. The highest BCUT2D eigenvalue weighted by molar-refractivity contribution is 9.10. The molecule has 7 nitrogen and oxygen atoms in total. The maximum absolute atomic E-state index is 12.7. The van der Waals surface area contributed by atoms with Crippen LogP contribution in [0.25, 0.3) is 11.4 Å². The van der Waals surface area contributed by atoms with Crippen LogP contribution in [0, 0.1) is 0 Å². The lowest BCUT2D eigenvalue weighted by Gasteiger charge is -2.18. The summed E-state index contributed by atoms with van der Waals surface area (Å²) >= 11 is 3.40. The van der Waals surface area contributed by atoms with Crippen molar-refractivity contribution in [1.29, 1.82) is 0 Å². The van der Waals surface area contributed by atoms with Crippen LogP contribution in [0.1, 0.15) is 31.9 Å². The first kappa shape index (κ1) is 20.7. The molecule has 0 spiro atoms. The van der Waals surface area contributed by atoms with Crippen molar-refractivity contribution in [1.82, 2.24) is 20.1 Å². The Morgan fingerprint density at radius 2 is 1.93 bits per heavy atom. The van der Waals surface area contributed by atoms with Crippen molar-refractivity contribution >= 4 is 33.4 Å². The third-order valence-corrected chi connectivity index (χ3v) is 4.93. The number of nitrogens with one attached hydrogen (secondary N) is 2. The summed E-state index contributed by atoms with van der Waals surface area (Å²) in [5.74, 6) is 0.363. The number of hydrogen-bond donors (Lipinski definition) is 2. The van der Waals surface area contributed by atoms with Gasteiger partial charge in [0.05, 0.1) is 12.5 Å². The Labute approximate surface area is 177 Å². The van der Waals surface area contributed by atoms with E-state index in [0.29, 0.717) is 5.69 Å². The van der Waals surface area contributed by atoms with Gasteiger partial charge < -0.3 is 15.2 Å². The normalized spacial score (nSPS) is 11.7. The largest absolute Gasteiger partial charge is 0.349 e. The summed E-state index contributed by atoms with van der Waals surface area (Å²) in [6.45, 7) is 4.21. The van der Waals surface area contributed by atoms with E-state index < -0.39 is 6.04 Å². The number of carbonyl (C=O) groups is 2. The Kier molecular flexibility index (Phi) is 6.77. The molecule has 0 aliphatic heterocycles. The molecule has 3 aromatic rings. The molecular formula is C21H22BrN5O2. The number of anilines is 1. The van der Waals surface area contributed by atoms with Gasteiger partial charge in [0, 0.05) is 29.2 Å². The van der Waals surface area contributed by atoms with Crippen LogP contribution in [-0.2, 0) is 16.1 Å². The number of aromatic nitrogens is 3. The van der Waals surface area contributed by atoms with Crippen LogP contribution in [0.2, 0.25) is 0 Å². The van der Waals surface area contributed by atoms with E-state index in [4.69, 9.17) is 0 Å². The number of hydrogen-bond acceptors (Lipinski definition) is 4. The van der Waals surface area contributed by atoms with Gasteiger partial charge in [-0.3, -0.25) is 9.59 Å². The lowest BCUT2D eigenvalue weighted by atomic mass is 10.0. The fourth-order valence-electron chi connectivity index (χ4n) is 3.04. The zero-order valence-corrected chi connectivity index (χ0v) is 17.8. The minimum Gasteiger partial charge on any atom is -0.349 e. The molecule has 0 saturated heterocycles. The van der Waals surface area contributed by atoms with Crippen molar-refractivity contribution in [3.8, 4) is 11.4 Å². The topological polar surface area (TPSA) is 88.9 Å². The Morgan fingerprint density at radius 3 is 2.62 bits per heavy atom. The predicted octanol–water partition coefficient (Wildman–Crippen LogP) is 3.93. The molecule has 1 unspecified atom stereocenters. The lowest BCUT2D eigenvalue weighted by molar-refractivity contribution is -0.120.